The van der Waals surface area contributed by atoms with Crippen LogP contribution in [0.1, 0.15) is 49.2 Å². The van der Waals surface area contributed by atoms with Crippen LogP contribution in [0.4, 0.5) is 5.69 Å². The van der Waals surface area contributed by atoms with Crippen molar-refractivity contribution in [3.05, 3.63) is 71.3 Å². The number of Topliss-reactive ketones (excluding diaryl/α,β-unsaturated/α-hetero) is 1. The van der Waals surface area contributed by atoms with Crippen molar-refractivity contribution in [1.29, 1.82) is 0 Å². The Morgan fingerprint density at radius 1 is 1.10 bits per heavy atom. The summed E-state index contributed by atoms with van der Waals surface area (Å²) >= 11 is 0. The van der Waals surface area contributed by atoms with Crippen molar-refractivity contribution in [2.75, 3.05) is 11.9 Å². The zero-order valence-corrected chi connectivity index (χ0v) is 17.0. The summed E-state index contributed by atoms with van der Waals surface area (Å²) < 4.78 is 0. The maximum atomic E-state index is 12.5. The van der Waals surface area contributed by atoms with Crippen LogP contribution in [0.25, 0.3) is 0 Å². The van der Waals surface area contributed by atoms with Crippen LogP contribution in [0.2, 0.25) is 0 Å². The maximum Gasteiger partial charge on any atom is 0.248 e. The smallest absolute Gasteiger partial charge is 0.248 e. The van der Waals surface area contributed by atoms with E-state index in [1.807, 2.05) is 20.8 Å². The Labute approximate surface area is 171 Å². The van der Waals surface area contributed by atoms with Crippen LogP contribution in [-0.4, -0.2) is 34.5 Å². The van der Waals surface area contributed by atoms with Gasteiger partial charge in [-0.05, 0) is 50.6 Å². The van der Waals surface area contributed by atoms with E-state index in [0.29, 0.717) is 23.4 Å². The molecule has 2 rings (SSSR count). The lowest BCUT2D eigenvalue weighted by atomic mass is 10.0. The van der Waals surface area contributed by atoms with Crippen LogP contribution in [0.3, 0.4) is 0 Å². The molecule has 2 atom stereocenters. The number of ketones is 1. The molecule has 0 aliphatic heterocycles. The molecule has 0 heterocycles. The monoisotopic (exact) mass is 396 g/mol. The minimum atomic E-state index is -0.751. The van der Waals surface area contributed by atoms with E-state index in [0.717, 1.165) is 5.57 Å². The Hall–Kier alpha value is -2.96. The number of allylic oxidation sites excluding steroid dienone is 1. The molecule has 0 aromatic heterocycles. The van der Waals surface area contributed by atoms with Crippen molar-refractivity contribution >= 4 is 17.4 Å². The minimum Gasteiger partial charge on any atom is -0.508 e. The minimum absolute atomic E-state index is 0.0536. The van der Waals surface area contributed by atoms with Crippen LogP contribution in [0.5, 0.6) is 5.75 Å². The van der Waals surface area contributed by atoms with Gasteiger partial charge in [0.05, 0.1) is 6.10 Å². The average Bonchev–Trinajstić information content (AvgIpc) is 2.67. The fourth-order valence-corrected chi connectivity index (χ4v) is 2.84. The SMILES string of the molecule is CC(C)=CC(=O)Nc1cccc(C(=O)CCNC(C)C(O)c2ccc(O)cc2)c1. The topological polar surface area (TPSA) is 98.7 Å². The number of aliphatic hydroxyl groups is 1. The van der Waals surface area contributed by atoms with Gasteiger partial charge in [0.25, 0.3) is 0 Å². The van der Waals surface area contributed by atoms with Crippen molar-refractivity contribution in [1.82, 2.24) is 5.32 Å². The van der Waals surface area contributed by atoms with E-state index >= 15 is 0 Å². The molecule has 0 radical (unpaired) electrons. The van der Waals surface area contributed by atoms with Gasteiger partial charge in [0.2, 0.25) is 5.91 Å². The third kappa shape index (κ3) is 7.18. The van der Waals surface area contributed by atoms with E-state index in [-0.39, 0.29) is 29.9 Å². The van der Waals surface area contributed by atoms with Crippen molar-refractivity contribution < 1.29 is 19.8 Å². The summed E-state index contributed by atoms with van der Waals surface area (Å²) in [5, 5.41) is 25.6. The number of aliphatic hydroxyl groups excluding tert-OH is 1. The van der Waals surface area contributed by atoms with Crippen LogP contribution in [-0.2, 0) is 4.79 Å². The Morgan fingerprint density at radius 2 is 1.79 bits per heavy atom. The predicted octanol–water partition coefficient (Wildman–Crippen LogP) is 3.58. The van der Waals surface area contributed by atoms with Gasteiger partial charge in [-0.25, -0.2) is 0 Å². The first-order valence-corrected chi connectivity index (χ1v) is 9.56. The first-order valence-electron chi connectivity index (χ1n) is 9.56. The van der Waals surface area contributed by atoms with E-state index in [2.05, 4.69) is 10.6 Å². The number of hydrogen-bond acceptors (Lipinski definition) is 5. The van der Waals surface area contributed by atoms with Crippen molar-refractivity contribution in [2.45, 2.75) is 39.3 Å². The molecule has 2 unspecified atom stereocenters. The lowest BCUT2D eigenvalue weighted by Crippen LogP contribution is -2.33. The standard InChI is InChI=1S/C23H28N2O4/c1-15(2)13-22(28)25-19-6-4-5-18(14-19)21(27)11-12-24-16(3)23(29)17-7-9-20(26)10-8-17/h4-10,13-14,16,23-24,26,29H,11-12H2,1-3H3,(H,25,28). The van der Waals surface area contributed by atoms with Crippen LogP contribution in [0, 0.1) is 0 Å². The molecule has 0 saturated carbocycles. The van der Waals surface area contributed by atoms with Gasteiger partial charge in [0, 0.05) is 36.3 Å². The van der Waals surface area contributed by atoms with Crippen molar-refractivity contribution in [3.8, 4) is 5.75 Å². The normalized spacial score (nSPS) is 12.7. The number of amides is 1. The van der Waals surface area contributed by atoms with Crippen LogP contribution >= 0.6 is 0 Å². The quantitative estimate of drug-likeness (QED) is 0.384. The second kappa shape index (κ2) is 10.5. The highest BCUT2D eigenvalue weighted by molar-refractivity contribution is 6.01. The van der Waals surface area contributed by atoms with Gasteiger partial charge >= 0.3 is 0 Å². The van der Waals surface area contributed by atoms with E-state index in [1.165, 1.54) is 18.2 Å². The lowest BCUT2D eigenvalue weighted by molar-refractivity contribution is -0.111. The van der Waals surface area contributed by atoms with Crippen molar-refractivity contribution in [2.24, 2.45) is 0 Å². The maximum absolute atomic E-state index is 12.5. The fraction of sp³-hybridized carbons (Fsp3) is 0.304. The third-order valence-electron chi connectivity index (χ3n) is 4.40. The molecule has 154 valence electrons. The highest BCUT2D eigenvalue weighted by Crippen LogP contribution is 2.19. The molecular formula is C23H28N2O4. The average molecular weight is 396 g/mol. The zero-order valence-electron chi connectivity index (χ0n) is 17.0. The fourth-order valence-electron chi connectivity index (χ4n) is 2.84. The summed E-state index contributed by atoms with van der Waals surface area (Å²) in [4.78, 5) is 24.3. The van der Waals surface area contributed by atoms with Gasteiger partial charge in [-0.15, -0.1) is 0 Å². The van der Waals surface area contributed by atoms with E-state index in [9.17, 15) is 19.8 Å². The molecule has 1 amide bonds. The van der Waals surface area contributed by atoms with Gasteiger partial charge in [0.15, 0.2) is 5.78 Å². The number of carbonyl (C=O) groups is 2. The second-order valence-corrected chi connectivity index (χ2v) is 7.24. The second-order valence-electron chi connectivity index (χ2n) is 7.24. The molecule has 4 N–H and O–H groups in total. The highest BCUT2D eigenvalue weighted by atomic mass is 16.3. The summed E-state index contributed by atoms with van der Waals surface area (Å²) in [6, 6.07) is 13.0. The zero-order chi connectivity index (χ0) is 21.4. The highest BCUT2D eigenvalue weighted by Gasteiger charge is 2.16. The van der Waals surface area contributed by atoms with Gasteiger partial charge in [-0.2, -0.15) is 0 Å². The number of phenols is 1. The largest absolute Gasteiger partial charge is 0.508 e. The van der Waals surface area contributed by atoms with Gasteiger partial charge in [-0.1, -0.05) is 29.8 Å². The molecule has 0 spiro atoms. The van der Waals surface area contributed by atoms with Crippen LogP contribution < -0.4 is 10.6 Å². The Balaban J connectivity index is 1.87. The molecule has 29 heavy (non-hydrogen) atoms. The molecule has 0 saturated heterocycles. The number of nitrogens with one attached hydrogen (secondary N) is 2. The third-order valence-corrected chi connectivity index (χ3v) is 4.40. The number of anilines is 1. The summed E-state index contributed by atoms with van der Waals surface area (Å²) in [7, 11) is 0. The van der Waals surface area contributed by atoms with Gasteiger partial charge in [-0.3, -0.25) is 9.59 Å². The molecule has 0 aliphatic rings. The van der Waals surface area contributed by atoms with Crippen molar-refractivity contribution in [3.63, 3.8) is 0 Å². The number of phenolic OH excluding ortho intramolecular Hbond substituents is 1. The van der Waals surface area contributed by atoms with Crippen LogP contribution in [0.15, 0.2) is 60.2 Å². The molecule has 0 fully saturated rings. The first kappa shape index (κ1) is 22.3. The van der Waals surface area contributed by atoms with E-state index < -0.39 is 6.10 Å². The molecule has 6 heteroatoms. The lowest BCUT2D eigenvalue weighted by Gasteiger charge is -2.20. The van der Waals surface area contributed by atoms with Gasteiger partial charge < -0.3 is 20.8 Å². The number of benzene rings is 2. The van der Waals surface area contributed by atoms with E-state index in [4.69, 9.17) is 0 Å². The number of hydrogen-bond donors (Lipinski definition) is 4. The van der Waals surface area contributed by atoms with Gasteiger partial charge in [0.1, 0.15) is 5.75 Å². The summed E-state index contributed by atoms with van der Waals surface area (Å²) in [5.74, 6) is -0.137. The number of aromatic hydroxyl groups is 1. The Kier molecular flexibility index (Phi) is 8.12. The molecule has 0 bridgehead atoms. The summed E-state index contributed by atoms with van der Waals surface area (Å²) in [6.45, 7) is 5.92. The summed E-state index contributed by atoms with van der Waals surface area (Å²) in [6.07, 6.45) is 1.01. The molecular weight excluding hydrogens is 368 g/mol. The predicted molar refractivity (Wildman–Crippen MR) is 114 cm³/mol. The molecule has 2 aromatic rings. The first-order chi connectivity index (χ1) is 13.8. The Morgan fingerprint density at radius 3 is 2.45 bits per heavy atom. The Bertz CT molecular complexity index is 871. The molecule has 0 aliphatic carbocycles. The summed E-state index contributed by atoms with van der Waals surface area (Å²) in [5.41, 5.74) is 2.68. The number of rotatable bonds is 9. The number of carbonyl (C=O) groups excluding carboxylic acids is 2. The van der Waals surface area contributed by atoms with E-state index in [1.54, 1.807) is 36.4 Å². The molecule has 6 nitrogen and oxygen atoms in total. The molecule has 2 aromatic carbocycles.